The van der Waals surface area contributed by atoms with Gasteiger partial charge in [-0.2, -0.15) is 0 Å². The van der Waals surface area contributed by atoms with Crippen LogP contribution in [0.3, 0.4) is 0 Å². The molecule has 158 valence electrons. The van der Waals surface area contributed by atoms with Gasteiger partial charge in [0.1, 0.15) is 22.6 Å². The van der Waals surface area contributed by atoms with Crippen molar-refractivity contribution in [2.75, 3.05) is 6.54 Å². The van der Waals surface area contributed by atoms with E-state index in [1.54, 1.807) is 48.3 Å². The molecule has 0 aliphatic rings. The van der Waals surface area contributed by atoms with Crippen LogP contribution in [0.4, 0.5) is 4.39 Å². The van der Waals surface area contributed by atoms with Gasteiger partial charge in [0, 0.05) is 32.4 Å². The molecule has 0 bridgehead atoms. The van der Waals surface area contributed by atoms with Crippen molar-refractivity contribution in [3.8, 4) is 0 Å². The fourth-order valence-electron chi connectivity index (χ4n) is 2.91. The number of sulfonamides is 1. The fraction of sp³-hybridized carbons (Fsp3) is 0.200. The van der Waals surface area contributed by atoms with Gasteiger partial charge in [-0.05, 0) is 29.8 Å². The largest absolute Gasteiger partial charge is 0.342 e. The second-order valence-electron chi connectivity index (χ2n) is 6.53. The first-order valence-electron chi connectivity index (χ1n) is 9.04. The number of hydrogen-bond acceptors (Lipinski definition) is 4. The summed E-state index contributed by atoms with van der Waals surface area (Å²) in [6.45, 7) is -0.129. The number of nitrogens with zero attached hydrogens (tertiary/aromatic N) is 2. The van der Waals surface area contributed by atoms with Crippen molar-refractivity contribution in [1.29, 1.82) is 0 Å². The second-order valence-corrected chi connectivity index (χ2v) is 8.67. The number of nitrogens with one attached hydrogen (secondary N) is 2. The van der Waals surface area contributed by atoms with Gasteiger partial charge in [0.25, 0.3) is 0 Å². The number of carbonyl (C=O) groups is 1. The number of carbonyl (C=O) groups excluding carboxylic acids is 1. The topological polar surface area (TPSA) is 93.1 Å². The van der Waals surface area contributed by atoms with Gasteiger partial charge in [0.05, 0.1) is 5.02 Å². The van der Waals surface area contributed by atoms with Gasteiger partial charge in [0.15, 0.2) is 0 Å². The van der Waals surface area contributed by atoms with Crippen molar-refractivity contribution in [3.05, 3.63) is 83.2 Å². The Morgan fingerprint density at radius 3 is 2.67 bits per heavy atom. The van der Waals surface area contributed by atoms with E-state index in [0.29, 0.717) is 11.4 Å². The molecule has 0 saturated heterocycles. The molecule has 3 rings (SSSR count). The number of aryl methyl sites for hydroxylation is 1. The van der Waals surface area contributed by atoms with E-state index < -0.39 is 27.8 Å². The highest BCUT2D eigenvalue weighted by Gasteiger charge is 2.22. The molecule has 1 heterocycles. The third kappa shape index (κ3) is 5.24. The van der Waals surface area contributed by atoms with E-state index in [1.807, 2.05) is 0 Å². The van der Waals surface area contributed by atoms with E-state index >= 15 is 0 Å². The second kappa shape index (κ2) is 9.38. The molecule has 2 aromatic carbocycles. The minimum absolute atomic E-state index is 0.0577. The maximum absolute atomic E-state index is 13.7. The highest BCUT2D eigenvalue weighted by molar-refractivity contribution is 7.89. The van der Waals surface area contributed by atoms with Gasteiger partial charge in [0.2, 0.25) is 15.9 Å². The zero-order valence-electron chi connectivity index (χ0n) is 16.0. The average molecular weight is 451 g/mol. The van der Waals surface area contributed by atoms with Gasteiger partial charge in [-0.15, -0.1) is 0 Å². The minimum atomic E-state index is -3.85. The van der Waals surface area contributed by atoms with Crippen molar-refractivity contribution in [2.24, 2.45) is 7.05 Å². The van der Waals surface area contributed by atoms with Crippen LogP contribution >= 0.6 is 11.6 Å². The van der Waals surface area contributed by atoms with Crippen LogP contribution in [-0.2, 0) is 21.9 Å². The molecule has 1 aromatic heterocycles. The summed E-state index contributed by atoms with van der Waals surface area (Å²) in [6, 6.07) is 11.2. The van der Waals surface area contributed by atoms with Crippen LogP contribution in [0, 0.1) is 5.82 Å². The molecular formula is C20H20ClFN4O3S. The van der Waals surface area contributed by atoms with Crippen molar-refractivity contribution in [3.63, 3.8) is 0 Å². The molecule has 3 aromatic rings. The normalized spacial score (nSPS) is 12.5. The Bertz CT molecular complexity index is 1150. The molecule has 0 aliphatic heterocycles. The maximum Gasteiger partial charge on any atom is 0.242 e. The predicted octanol–water partition coefficient (Wildman–Crippen LogP) is 2.79. The lowest BCUT2D eigenvalue weighted by molar-refractivity contribution is -0.121. The number of imidazole rings is 1. The Hall–Kier alpha value is -2.75. The van der Waals surface area contributed by atoms with Crippen molar-refractivity contribution >= 4 is 27.5 Å². The highest BCUT2D eigenvalue weighted by atomic mass is 35.5. The van der Waals surface area contributed by atoms with E-state index in [0.717, 1.165) is 0 Å². The molecule has 0 spiro atoms. The summed E-state index contributed by atoms with van der Waals surface area (Å²) in [5.41, 5.74) is 0.522. The summed E-state index contributed by atoms with van der Waals surface area (Å²) in [6.07, 6.45) is 3.16. The molecule has 10 heteroatoms. The van der Waals surface area contributed by atoms with Crippen LogP contribution in [0.2, 0.25) is 5.02 Å². The molecule has 30 heavy (non-hydrogen) atoms. The Balaban J connectivity index is 1.68. The summed E-state index contributed by atoms with van der Waals surface area (Å²) in [5.74, 6) is -0.340. The monoisotopic (exact) mass is 450 g/mol. The van der Waals surface area contributed by atoms with Gasteiger partial charge in [-0.1, -0.05) is 35.9 Å². The first-order chi connectivity index (χ1) is 14.3. The summed E-state index contributed by atoms with van der Waals surface area (Å²) < 4.78 is 42.5. The summed E-state index contributed by atoms with van der Waals surface area (Å²) in [7, 11) is -2.09. The zero-order valence-corrected chi connectivity index (χ0v) is 17.6. The number of benzene rings is 2. The third-order valence-corrected chi connectivity index (χ3v) is 6.34. The molecule has 0 fully saturated rings. The lowest BCUT2D eigenvalue weighted by Crippen LogP contribution is -2.34. The standard InChI is InChI=1S/C20H20ClFN4O3S/c1-26-12-11-23-20(26)19(14-5-4-6-15(22)13-14)25-18(27)9-10-24-30(28,29)17-8-3-2-7-16(17)21/h2-8,11-13,19,24H,9-10H2,1H3,(H,25,27). The molecule has 1 amide bonds. The minimum Gasteiger partial charge on any atom is -0.342 e. The van der Waals surface area contributed by atoms with Gasteiger partial charge in [-0.3, -0.25) is 4.79 Å². The molecule has 0 saturated carbocycles. The van der Waals surface area contributed by atoms with Gasteiger partial charge in [-0.25, -0.2) is 22.5 Å². The quantitative estimate of drug-likeness (QED) is 0.552. The Morgan fingerprint density at radius 1 is 1.23 bits per heavy atom. The molecule has 1 unspecified atom stereocenters. The van der Waals surface area contributed by atoms with Crippen LogP contribution in [0.15, 0.2) is 65.8 Å². The summed E-state index contributed by atoms with van der Waals surface area (Å²) >= 11 is 5.93. The molecule has 1 atom stereocenters. The average Bonchev–Trinajstić information content (AvgIpc) is 3.12. The first kappa shape index (κ1) is 21.9. The van der Waals surface area contributed by atoms with Crippen LogP contribution in [-0.4, -0.2) is 30.4 Å². The fourth-order valence-corrected chi connectivity index (χ4v) is 4.46. The number of rotatable bonds is 8. The molecular weight excluding hydrogens is 431 g/mol. The maximum atomic E-state index is 13.7. The number of aromatic nitrogens is 2. The van der Waals surface area contributed by atoms with Gasteiger partial charge >= 0.3 is 0 Å². The van der Waals surface area contributed by atoms with Crippen molar-refractivity contribution in [1.82, 2.24) is 19.6 Å². The van der Waals surface area contributed by atoms with Crippen molar-refractivity contribution < 1.29 is 17.6 Å². The number of amides is 1. The Labute approximate surface area is 178 Å². The van der Waals surface area contributed by atoms with E-state index in [2.05, 4.69) is 15.0 Å². The van der Waals surface area contributed by atoms with Crippen LogP contribution in [0.5, 0.6) is 0 Å². The zero-order chi connectivity index (χ0) is 21.7. The van der Waals surface area contributed by atoms with E-state index in [1.165, 1.54) is 24.3 Å². The lowest BCUT2D eigenvalue weighted by Gasteiger charge is -2.19. The van der Waals surface area contributed by atoms with Crippen molar-refractivity contribution in [2.45, 2.75) is 17.4 Å². The molecule has 2 N–H and O–H groups in total. The lowest BCUT2D eigenvalue weighted by atomic mass is 10.1. The van der Waals surface area contributed by atoms with E-state index in [9.17, 15) is 17.6 Å². The van der Waals surface area contributed by atoms with E-state index in [-0.39, 0.29) is 22.9 Å². The third-order valence-electron chi connectivity index (χ3n) is 4.37. The molecule has 0 aliphatic carbocycles. The smallest absolute Gasteiger partial charge is 0.242 e. The summed E-state index contributed by atoms with van der Waals surface area (Å²) in [5, 5.41) is 2.88. The summed E-state index contributed by atoms with van der Waals surface area (Å²) in [4.78, 5) is 16.7. The number of hydrogen-bond donors (Lipinski definition) is 2. The Kier molecular flexibility index (Phi) is 6.86. The Morgan fingerprint density at radius 2 is 2.00 bits per heavy atom. The molecule has 7 nitrogen and oxygen atoms in total. The highest BCUT2D eigenvalue weighted by Crippen LogP contribution is 2.22. The SMILES string of the molecule is Cn1ccnc1C(NC(=O)CCNS(=O)(=O)c1ccccc1Cl)c1cccc(F)c1. The predicted molar refractivity (Wildman–Crippen MR) is 111 cm³/mol. The van der Waals surface area contributed by atoms with Gasteiger partial charge < -0.3 is 9.88 Å². The van der Waals surface area contributed by atoms with E-state index in [4.69, 9.17) is 11.6 Å². The van der Waals surface area contributed by atoms with Crippen LogP contribution in [0.25, 0.3) is 0 Å². The van der Waals surface area contributed by atoms with Crippen LogP contribution < -0.4 is 10.0 Å². The molecule has 0 radical (unpaired) electrons. The van der Waals surface area contributed by atoms with Crippen LogP contribution in [0.1, 0.15) is 23.9 Å². The first-order valence-corrected chi connectivity index (χ1v) is 10.9. The number of halogens is 2.